The van der Waals surface area contributed by atoms with Gasteiger partial charge in [0.05, 0.1) is 6.54 Å². The molecule has 4 heteroatoms. The van der Waals surface area contributed by atoms with Crippen molar-refractivity contribution in [2.45, 2.75) is 19.9 Å². The first-order chi connectivity index (χ1) is 7.25. The van der Waals surface area contributed by atoms with Crippen LogP contribution in [0.25, 0.3) is 0 Å². The first-order valence-electron chi connectivity index (χ1n) is 5.48. The van der Waals surface area contributed by atoms with Crippen LogP contribution in [0.1, 0.15) is 13.3 Å². The lowest BCUT2D eigenvalue weighted by Gasteiger charge is -2.29. The Bertz CT molecular complexity index is 321. The molecule has 1 atom stereocenters. The average molecular weight is 207 g/mol. The van der Waals surface area contributed by atoms with Crippen LogP contribution in [0.2, 0.25) is 0 Å². The molecular weight excluding hydrogens is 190 g/mol. The van der Waals surface area contributed by atoms with Crippen LogP contribution in [0.15, 0.2) is 18.5 Å². The fourth-order valence-corrected chi connectivity index (χ4v) is 1.97. The van der Waals surface area contributed by atoms with Crippen LogP contribution in [0.4, 0.5) is 0 Å². The molecule has 0 saturated carbocycles. The van der Waals surface area contributed by atoms with E-state index in [4.69, 9.17) is 0 Å². The van der Waals surface area contributed by atoms with Gasteiger partial charge in [-0.3, -0.25) is 9.48 Å². The molecular formula is C11H17N3O. The Morgan fingerprint density at radius 3 is 3.07 bits per heavy atom. The summed E-state index contributed by atoms with van der Waals surface area (Å²) in [7, 11) is 0. The predicted molar refractivity (Wildman–Crippen MR) is 57.5 cm³/mol. The van der Waals surface area contributed by atoms with E-state index < -0.39 is 0 Å². The summed E-state index contributed by atoms with van der Waals surface area (Å²) in [6.07, 6.45) is 4.47. The number of aromatic nitrogens is 2. The van der Waals surface area contributed by atoms with Gasteiger partial charge in [-0.15, -0.1) is 0 Å². The van der Waals surface area contributed by atoms with Gasteiger partial charge in [0.25, 0.3) is 0 Å². The average Bonchev–Trinajstić information content (AvgIpc) is 2.73. The number of rotatable bonds is 3. The van der Waals surface area contributed by atoms with E-state index in [1.54, 1.807) is 6.20 Å². The minimum absolute atomic E-state index is 0.205. The number of hydrogen-bond donors (Lipinski definition) is 0. The summed E-state index contributed by atoms with van der Waals surface area (Å²) in [5.41, 5.74) is 0. The normalized spacial score (nSPS) is 23.3. The molecule has 2 rings (SSSR count). The van der Waals surface area contributed by atoms with Crippen molar-refractivity contribution >= 4 is 5.78 Å². The summed E-state index contributed by atoms with van der Waals surface area (Å²) in [5.74, 6) is 0.613. The van der Waals surface area contributed by atoms with Crippen molar-refractivity contribution in [1.82, 2.24) is 14.7 Å². The molecule has 1 fully saturated rings. The van der Waals surface area contributed by atoms with E-state index in [0.29, 0.717) is 12.2 Å². The SMILES string of the molecule is CC1CN(CCn2cccn2)CCC1=O. The smallest absolute Gasteiger partial charge is 0.138 e. The monoisotopic (exact) mass is 207 g/mol. The number of carbonyl (C=O) groups is 1. The highest BCUT2D eigenvalue weighted by atomic mass is 16.1. The number of likely N-dealkylation sites (tertiary alicyclic amines) is 1. The van der Waals surface area contributed by atoms with E-state index in [1.807, 2.05) is 23.9 Å². The maximum atomic E-state index is 11.3. The van der Waals surface area contributed by atoms with Crippen molar-refractivity contribution in [2.24, 2.45) is 5.92 Å². The minimum Gasteiger partial charge on any atom is -0.300 e. The number of nitrogens with zero attached hydrogens (tertiary/aromatic N) is 3. The standard InChI is InChI=1S/C11H17N3O/c1-10-9-13(6-3-11(10)15)7-8-14-5-2-4-12-14/h2,4-5,10H,3,6-9H2,1H3. The second-order valence-electron chi connectivity index (χ2n) is 4.19. The van der Waals surface area contributed by atoms with Gasteiger partial charge in [0.2, 0.25) is 0 Å². The number of carbonyl (C=O) groups excluding carboxylic acids is 1. The van der Waals surface area contributed by atoms with Gasteiger partial charge < -0.3 is 4.90 Å². The van der Waals surface area contributed by atoms with Gasteiger partial charge in [-0.1, -0.05) is 6.92 Å². The molecule has 1 saturated heterocycles. The summed E-state index contributed by atoms with van der Waals surface area (Å²) in [4.78, 5) is 13.7. The Balaban J connectivity index is 1.78. The van der Waals surface area contributed by atoms with Crippen LogP contribution in [0.3, 0.4) is 0 Å². The summed E-state index contributed by atoms with van der Waals surface area (Å²) < 4.78 is 1.93. The molecule has 1 aromatic heterocycles. The zero-order chi connectivity index (χ0) is 10.7. The molecule has 1 unspecified atom stereocenters. The summed E-state index contributed by atoms with van der Waals surface area (Å²) in [6.45, 7) is 5.72. The molecule has 0 N–H and O–H groups in total. The largest absolute Gasteiger partial charge is 0.300 e. The van der Waals surface area contributed by atoms with Gasteiger partial charge in [0.15, 0.2) is 0 Å². The highest BCUT2D eigenvalue weighted by Gasteiger charge is 2.22. The highest BCUT2D eigenvalue weighted by Crippen LogP contribution is 2.11. The predicted octanol–water partition coefficient (Wildman–Crippen LogP) is 0.794. The summed E-state index contributed by atoms with van der Waals surface area (Å²) >= 11 is 0. The van der Waals surface area contributed by atoms with Crippen LogP contribution >= 0.6 is 0 Å². The molecule has 1 aromatic rings. The van der Waals surface area contributed by atoms with Crippen LogP contribution in [0, 0.1) is 5.92 Å². The molecule has 1 aliphatic heterocycles. The summed E-state index contributed by atoms with van der Waals surface area (Å²) in [5, 5.41) is 4.16. The quantitative estimate of drug-likeness (QED) is 0.735. The van der Waals surface area contributed by atoms with E-state index in [9.17, 15) is 4.79 Å². The number of piperidine rings is 1. The zero-order valence-corrected chi connectivity index (χ0v) is 9.09. The van der Waals surface area contributed by atoms with Crippen molar-refractivity contribution in [1.29, 1.82) is 0 Å². The molecule has 0 bridgehead atoms. The third kappa shape index (κ3) is 2.65. The minimum atomic E-state index is 0.205. The van der Waals surface area contributed by atoms with E-state index in [2.05, 4.69) is 10.00 Å². The van der Waals surface area contributed by atoms with Crippen molar-refractivity contribution < 1.29 is 4.79 Å². The van der Waals surface area contributed by atoms with Gasteiger partial charge in [-0.05, 0) is 6.07 Å². The van der Waals surface area contributed by atoms with Gasteiger partial charge in [0, 0.05) is 44.4 Å². The zero-order valence-electron chi connectivity index (χ0n) is 9.09. The topological polar surface area (TPSA) is 38.1 Å². The summed E-state index contributed by atoms with van der Waals surface area (Å²) in [6, 6.07) is 1.93. The van der Waals surface area contributed by atoms with Gasteiger partial charge in [-0.2, -0.15) is 5.10 Å². The molecule has 15 heavy (non-hydrogen) atoms. The Morgan fingerprint density at radius 1 is 1.53 bits per heavy atom. The molecule has 0 aromatic carbocycles. The number of ketones is 1. The molecule has 0 amide bonds. The molecule has 0 radical (unpaired) electrons. The van der Waals surface area contributed by atoms with Crippen LogP contribution in [0.5, 0.6) is 0 Å². The Morgan fingerprint density at radius 2 is 2.40 bits per heavy atom. The maximum absolute atomic E-state index is 11.3. The number of hydrogen-bond acceptors (Lipinski definition) is 3. The van der Waals surface area contributed by atoms with E-state index in [-0.39, 0.29) is 5.92 Å². The van der Waals surface area contributed by atoms with Gasteiger partial charge in [-0.25, -0.2) is 0 Å². The van der Waals surface area contributed by atoms with E-state index in [0.717, 1.165) is 26.2 Å². The lowest BCUT2D eigenvalue weighted by Crippen LogP contribution is -2.41. The van der Waals surface area contributed by atoms with E-state index >= 15 is 0 Å². The Hall–Kier alpha value is -1.16. The van der Waals surface area contributed by atoms with Crippen LogP contribution < -0.4 is 0 Å². The third-order valence-corrected chi connectivity index (χ3v) is 2.96. The Labute approximate surface area is 89.9 Å². The molecule has 4 nitrogen and oxygen atoms in total. The van der Waals surface area contributed by atoms with Gasteiger partial charge in [0.1, 0.15) is 5.78 Å². The maximum Gasteiger partial charge on any atom is 0.138 e. The van der Waals surface area contributed by atoms with Crippen molar-refractivity contribution in [3.8, 4) is 0 Å². The molecule has 2 heterocycles. The van der Waals surface area contributed by atoms with Crippen LogP contribution in [-0.4, -0.2) is 40.1 Å². The van der Waals surface area contributed by atoms with Crippen molar-refractivity contribution in [2.75, 3.05) is 19.6 Å². The fourth-order valence-electron chi connectivity index (χ4n) is 1.97. The van der Waals surface area contributed by atoms with Crippen molar-refractivity contribution in [3.05, 3.63) is 18.5 Å². The second kappa shape index (κ2) is 4.57. The van der Waals surface area contributed by atoms with Crippen molar-refractivity contribution in [3.63, 3.8) is 0 Å². The molecule has 82 valence electrons. The van der Waals surface area contributed by atoms with E-state index in [1.165, 1.54) is 0 Å². The van der Waals surface area contributed by atoms with Crippen LogP contribution in [-0.2, 0) is 11.3 Å². The lowest BCUT2D eigenvalue weighted by atomic mass is 9.99. The molecule has 0 aliphatic carbocycles. The number of Topliss-reactive ketones (excluding diaryl/α,β-unsaturated/α-hetero) is 1. The molecule has 1 aliphatic rings. The second-order valence-corrected chi connectivity index (χ2v) is 4.19. The van der Waals surface area contributed by atoms with Gasteiger partial charge >= 0.3 is 0 Å². The first-order valence-corrected chi connectivity index (χ1v) is 5.48. The first kappa shape index (κ1) is 10.4. The fraction of sp³-hybridized carbons (Fsp3) is 0.636. The third-order valence-electron chi connectivity index (χ3n) is 2.96. The highest BCUT2D eigenvalue weighted by molar-refractivity contribution is 5.81. The Kier molecular flexibility index (Phi) is 3.16. The molecule has 0 spiro atoms. The lowest BCUT2D eigenvalue weighted by molar-refractivity contribution is -0.125.